The minimum atomic E-state index is -0.243. The van der Waals surface area contributed by atoms with Crippen LogP contribution in [0.25, 0.3) is 0 Å². The molecule has 3 rings (SSSR count). The molecule has 0 aromatic heterocycles. The minimum absolute atomic E-state index is 0.160. The van der Waals surface area contributed by atoms with Gasteiger partial charge >= 0.3 is 0 Å². The van der Waals surface area contributed by atoms with Crippen LogP contribution in [0.5, 0.6) is 17.2 Å². The second-order valence-corrected chi connectivity index (χ2v) is 5.99. The molecule has 0 saturated heterocycles. The van der Waals surface area contributed by atoms with Crippen molar-refractivity contribution in [1.29, 1.82) is 0 Å². The Morgan fingerprint density at radius 1 is 0.750 bits per heavy atom. The van der Waals surface area contributed by atoms with Crippen molar-refractivity contribution in [2.24, 2.45) is 0 Å². The van der Waals surface area contributed by atoms with Gasteiger partial charge in [0.1, 0.15) is 5.75 Å². The van der Waals surface area contributed by atoms with Crippen LogP contribution < -0.4 is 20.1 Å². The van der Waals surface area contributed by atoms with E-state index in [-0.39, 0.29) is 11.8 Å². The predicted molar refractivity (Wildman–Crippen MR) is 108 cm³/mol. The summed E-state index contributed by atoms with van der Waals surface area (Å²) in [5, 5.41) is 5.49. The zero-order valence-corrected chi connectivity index (χ0v) is 15.6. The molecule has 0 aliphatic carbocycles. The first-order valence-electron chi connectivity index (χ1n) is 8.65. The van der Waals surface area contributed by atoms with Crippen molar-refractivity contribution in [3.63, 3.8) is 0 Å². The number of rotatable bonds is 6. The summed E-state index contributed by atoms with van der Waals surface area (Å²) in [7, 11) is 1.59. The van der Waals surface area contributed by atoms with E-state index in [0.717, 1.165) is 0 Å². The number of nitrogens with one attached hydrogen (secondary N) is 2. The molecule has 142 valence electrons. The number of methoxy groups -OCH3 is 1. The van der Waals surface area contributed by atoms with E-state index in [0.29, 0.717) is 34.2 Å². The van der Waals surface area contributed by atoms with Crippen LogP contribution in [0.2, 0.25) is 0 Å². The van der Waals surface area contributed by atoms with E-state index in [1.54, 1.807) is 55.6 Å². The van der Waals surface area contributed by atoms with Crippen LogP contribution in [0, 0.1) is 0 Å². The lowest BCUT2D eigenvalue weighted by molar-refractivity contribution is -0.114. The van der Waals surface area contributed by atoms with Crippen molar-refractivity contribution in [2.45, 2.75) is 6.92 Å². The molecule has 0 bridgehead atoms. The fraction of sp³-hybridized carbons (Fsp3) is 0.0909. The molecule has 0 saturated carbocycles. The summed E-state index contributed by atoms with van der Waals surface area (Å²) in [4.78, 5) is 23.4. The highest BCUT2D eigenvalue weighted by Crippen LogP contribution is 2.31. The van der Waals surface area contributed by atoms with Crippen molar-refractivity contribution in [2.75, 3.05) is 17.7 Å². The summed E-state index contributed by atoms with van der Waals surface area (Å²) in [6.07, 6.45) is 0. The van der Waals surface area contributed by atoms with Crippen molar-refractivity contribution < 1.29 is 19.1 Å². The zero-order valence-electron chi connectivity index (χ0n) is 15.6. The highest BCUT2D eigenvalue weighted by atomic mass is 16.5. The van der Waals surface area contributed by atoms with E-state index in [9.17, 15) is 9.59 Å². The SMILES string of the molecule is COc1ccccc1Oc1ccc(NC(=O)c2ccc(NC(C)=O)cc2)cc1. The number of anilines is 2. The molecule has 2 amide bonds. The summed E-state index contributed by atoms with van der Waals surface area (Å²) in [5.74, 6) is 1.48. The van der Waals surface area contributed by atoms with Crippen LogP contribution in [-0.2, 0) is 4.79 Å². The van der Waals surface area contributed by atoms with E-state index < -0.39 is 0 Å². The molecular formula is C22H20N2O4. The third-order valence-electron chi connectivity index (χ3n) is 3.88. The zero-order chi connectivity index (χ0) is 19.9. The quantitative estimate of drug-likeness (QED) is 0.654. The molecule has 3 aromatic carbocycles. The van der Waals surface area contributed by atoms with Gasteiger partial charge in [0.2, 0.25) is 5.91 Å². The number of carbonyl (C=O) groups is 2. The Labute approximate surface area is 163 Å². The molecule has 6 nitrogen and oxygen atoms in total. The molecule has 0 radical (unpaired) electrons. The molecule has 0 atom stereocenters. The molecule has 0 aliphatic heterocycles. The van der Waals surface area contributed by atoms with Crippen LogP contribution in [0.15, 0.2) is 72.8 Å². The lowest BCUT2D eigenvalue weighted by atomic mass is 10.2. The normalized spacial score (nSPS) is 10.1. The number of benzene rings is 3. The van der Waals surface area contributed by atoms with Gasteiger partial charge in [-0.2, -0.15) is 0 Å². The summed E-state index contributed by atoms with van der Waals surface area (Å²) in [6.45, 7) is 1.43. The monoisotopic (exact) mass is 376 g/mol. The maximum atomic E-state index is 12.4. The fourth-order valence-electron chi connectivity index (χ4n) is 2.55. The van der Waals surface area contributed by atoms with Crippen LogP contribution in [-0.4, -0.2) is 18.9 Å². The van der Waals surface area contributed by atoms with Gasteiger partial charge in [-0.15, -0.1) is 0 Å². The van der Waals surface area contributed by atoms with Crippen molar-refractivity contribution in [3.05, 3.63) is 78.4 Å². The lowest BCUT2D eigenvalue weighted by Crippen LogP contribution is -2.12. The standard InChI is InChI=1S/C22H20N2O4/c1-15(25)23-17-9-7-16(8-10-17)22(26)24-18-11-13-19(14-12-18)28-21-6-4-3-5-20(21)27-2/h3-14H,1-2H3,(H,23,25)(H,24,26). The Morgan fingerprint density at radius 3 is 1.93 bits per heavy atom. The van der Waals surface area contributed by atoms with Crippen LogP contribution >= 0.6 is 0 Å². The third-order valence-corrected chi connectivity index (χ3v) is 3.88. The van der Waals surface area contributed by atoms with Gasteiger partial charge in [-0.3, -0.25) is 9.59 Å². The second kappa shape index (κ2) is 8.73. The van der Waals surface area contributed by atoms with Gasteiger partial charge in [-0.1, -0.05) is 12.1 Å². The van der Waals surface area contributed by atoms with Gasteiger partial charge < -0.3 is 20.1 Å². The molecular weight excluding hydrogens is 356 g/mol. The maximum Gasteiger partial charge on any atom is 0.255 e. The van der Waals surface area contributed by atoms with Gasteiger partial charge in [0.25, 0.3) is 5.91 Å². The lowest BCUT2D eigenvalue weighted by Gasteiger charge is -2.11. The molecule has 0 aliphatic rings. The Balaban J connectivity index is 1.63. The summed E-state index contributed by atoms with van der Waals surface area (Å²) in [5.41, 5.74) is 1.77. The molecule has 28 heavy (non-hydrogen) atoms. The Morgan fingerprint density at radius 2 is 1.32 bits per heavy atom. The number of carbonyl (C=O) groups excluding carboxylic acids is 2. The smallest absolute Gasteiger partial charge is 0.255 e. The highest BCUT2D eigenvalue weighted by molar-refractivity contribution is 6.04. The topological polar surface area (TPSA) is 76.7 Å². The fourth-order valence-corrected chi connectivity index (χ4v) is 2.55. The number of para-hydroxylation sites is 2. The van der Waals surface area contributed by atoms with Gasteiger partial charge in [0.15, 0.2) is 11.5 Å². The molecule has 0 spiro atoms. The van der Waals surface area contributed by atoms with Crippen molar-refractivity contribution in [3.8, 4) is 17.2 Å². The van der Waals surface area contributed by atoms with Gasteiger partial charge in [-0.25, -0.2) is 0 Å². The van der Waals surface area contributed by atoms with E-state index in [4.69, 9.17) is 9.47 Å². The largest absolute Gasteiger partial charge is 0.493 e. The second-order valence-electron chi connectivity index (χ2n) is 5.99. The minimum Gasteiger partial charge on any atom is -0.493 e. The number of hydrogen-bond acceptors (Lipinski definition) is 4. The van der Waals surface area contributed by atoms with E-state index in [2.05, 4.69) is 10.6 Å². The number of hydrogen-bond donors (Lipinski definition) is 2. The van der Waals surface area contributed by atoms with Crippen molar-refractivity contribution >= 4 is 23.2 Å². The Bertz CT molecular complexity index is 967. The maximum absolute atomic E-state index is 12.4. The first-order valence-corrected chi connectivity index (χ1v) is 8.65. The third kappa shape index (κ3) is 4.88. The van der Waals surface area contributed by atoms with Crippen LogP contribution in [0.1, 0.15) is 17.3 Å². The first kappa shape index (κ1) is 19.0. The average molecular weight is 376 g/mol. The highest BCUT2D eigenvalue weighted by Gasteiger charge is 2.08. The van der Waals surface area contributed by atoms with Crippen LogP contribution in [0.3, 0.4) is 0 Å². The number of ether oxygens (including phenoxy) is 2. The molecule has 3 aromatic rings. The van der Waals surface area contributed by atoms with E-state index in [1.807, 2.05) is 24.3 Å². The first-order chi connectivity index (χ1) is 13.5. The van der Waals surface area contributed by atoms with Gasteiger partial charge in [0, 0.05) is 23.9 Å². The van der Waals surface area contributed by atoms with Gasteiger partial charge in [-0.05, 0) is 60.7 Å². The molecule has 6 heteroatoms. The number of amides is 2. The predicted octanol–water partition coefficient (Wildman–Crippen LogP) is 4.70. The van der Waals surface area contributed by atoms with Crippen molar-refractivity contribution in [1.82, 2.24) is 0 Å². The van der Waals surface area contributed by atoms with Gasteiger partial charge in [0.05, 0.1) is 7.11 Å². The Hall–Kier alpha value is -3.80. The summed E-state index contributed by atoms with van der Waals surface area (Å²) in [6, 6.07) is 21.1. The van der Waals surface area contributed by atoms with Crippen LogP contribution in [0.4, 0.5) is 11.4 Å². The molecule has 2 N–H and O–H groups in total. The average Bonchev–Trinajstić information content (AvgIpc) is 2.70. The van der Waals surface area contributed by atoms with E-state index in [1.165, 1.54) is 6.92 Å². The van der Waals surface area contributed by atoms with E-state index >= 15 is 0 Å². The Kier molecular flexibility index (Phi) is 5.91. The molecule has 0 unspecified atom stereocenters. The summed E-state index contributed by atoms with van der Waals surface area (Å²) >= 11 is 0. The molecule has 0 fully saturated rings. The molecule has 0 heterocycles. The summed E-state index contributed by atoms with van der Waals surface area (Å²) < 4.78 is 11.1.